The lowest BCUT2D eigenvalue weighted by molar-refractivity contribution is 0.111. The van der Waals surface area contributed by atoms with Crippen LogP contribution in [-0.4, -0.2) is 12.6 Å². The third kappa shape index (κ3) is 2.31. The molecule has 0 spiro atoms. The van der Waals surface area contributed by atoms with Gasteiger partial charge in [-0.15, -0.1) is 0 Å². The smallest absolute Gasteiger partial charge is 0.150 e. The summed E-state index contributed by atoms with van der Waals surface area (Å²) in [6, 6.07) is 13.1. The van der Waals surface area contributed by atoms with E-state index in [4.69, 9.17) is 0 Å². The monoisotopic (exact) mass is 224 g/mol. The minimum Gasteiger partial charge on any atom is -0.298 e. The van der Waals surface area contributed by atoms with Crippen LogP contribution in [0.3, 0.4) is 0 Å². The van der Waals surface area contributed by atoms with Crippen molar-refractivity contribution in [3.8, 4) is 11.1 Å². The fourth-order valence-electron chi connectivity index (χ4n) is 1.74. The molecule has 0 aromatic heterocycles. The first-order chi connectivity index (χ1) is 8.24. The van der Waals surface area contributed by atoms with Crippen LogP contribution in [0.2, 0.25) is 0 Å². The Morgan fingerprint density at radius 2 is 1.47 bits per heavy atom. The van der Waals surface area contributed by atoms with Gasteiger partial charge in [-0.1, -0.05) is 42.5 Å². The standard InChI is InChI=1S/C15H12O2/c1-11-8-14(6-7-15(11)10-17)13-4-2-12(9-16)3-5-13/h2-10H,1H3. The predicted molar refractivity (Wildman–Crippen MR) is 67.4 cm³/mol. The minimum atomic E-state index is 0.662. The van der Waals surface area contributed by atoms with Crippen molar-refractivity contribution < 1.29 is 9.59 Å². The maximum atomic E-state index is 10.7. The van der Waals surface area contributed by atoms with Crippen molar-refractivity contribution in [2.75, 3.05) is 0 Å². The molecule has 0 radical (unpaired) electrons. The number of carbonyl (C=O) groups is 2. The van der Waals surface area contributed by atoms with Gasteiger partial charge in [0.15, 0.2) is 0 Å². The Morgan fingerprint density at radius 3 is 2.00 bits per heavy atom. The molecule has 0 unspecified atom stereocenters. The molecule has 0 aliphatic rings. The molecule has 0 fully saturated rings. The minimum absolute atomic E-state index is 0.662. The highest BCUT2D eigenvalue weighted by atomic mass is 16.1. The van der Waals surface area contributed by atoms with Crippen LogP contribution in [-0.2, 0) is 0 Å². The summed E-state index contributed by atoms with van der Waals surface area (Å²) in [5.41, 5.74) is 4.41. The van der Waals surface area contributed by atoms with E-state index in [0.29, 0.717) is 11.1 Å². The first-order valence-corrected chi connectivity index (χ1v) is 5.36. The normalized spacial score (nSPS) is 9.94. The Bertz CT molecular complexity index is 554. The molecule has 2 aromatic carbocycles. The summed E-state index contributed by atoms with van der Waals surface area (Å²) in [7, 11) is 0. The quantitative estimate of drug-likeness (QED) is 0.750. The maximum Gasteiger partial charge on any atom is 0.150 e. The van der Waals surface area contributed by atoms with Crippen LogP contribution >= 0.6 is 0 Å². The molecule has 84 valence electrons. The summed E-state index contributed by atoms with van der Waals surface area (Å²) < 4.78 is 0. The molecule has 17 heavy (non-hydrogen) atoms. The zero-order chi connectivity index (χ0) is 12.3. The number of aryl methyl sites for hydroxylation is 1. The first kappa shape index (κ1) is 11.3. The molecule has 0 saturated heterocycles. The van der Waals surface area contributed by atoms with Gasteiger partial charge in [-0.25, -0.2) is 0 Å². The molecule has 0 aliphatic carbocycles. The molecule has 2 aromatic rings. The summed E-state index contributed by atoms with van der Waals surface area (Å²) in [4.78, 5) is 21.3. The van der Waals surface area contributed by atoms with Gasteiger partial charge in [0.25, 0.3) is 0 Å². The van der Waals surface area contributed by atoms with Crippen LogP contribution in [0.5, 0.6) is 0 Å². The van der Waals surface area contributed by atoms with E-state index in [9.17, 15) is 9.59 Å². The first-order valence-electron chi connectivity index (χ1n) is 5.36. The lowest BCUT2D eigenvalue weighted by Crippen LogP contribution is -1.87. The molecule has 0 heterocycles. The van der Waals surface area contributed by atoms with Crippen molar-refractivity contribution in [3.63, 3.8) is 0 Å². The van der Waals surface area contributed by atoms with E-state index >= 15 is 0 Å². The fourth-order valence-corrected chi connectivity index (χ4v) is 1.74. The van der Waals surface area contributed by atoms with Crippen LogP contribution in [0.4, 0.5) is 0 Å². The lowest BCUT2D eigenvalue weighted by atomic mass is 10.00. The molecule has 0 bridgehead atoms. The Hall–Kier alpha value is -2.22. The van der Waals surface area contributed by atoms with Crippen LogP contribution in [0.15, 0.2) is 42.5 Å². The summed E-state index contributed by atoms with van der Waals surface area (Å²) in [6.45, 7) is 1.91. The van der Waals surface area contributed by atoms with E-state index in [-0.39, 0.29) is 0 Å². The highest BCUT2D eigenvalue weighted by Gasteiger charge is 2.01. The zero-order valence-corrected chi connectivity index (χ0v) is 9.51. The van der Waals surface area contributed by atoms with E-state index in [0.717, 1.165) is 29.3 Å². The van der Waals surface area contributed by atoms with Gasteiger partial charge in [0.05, 0.1) is 0 Å². The lowest BCUT2D eigenvalue weighted by Gasteiger charge is -2.05. The van der Waals surface area contributed by atoms with Gasteiger partial charge in [0.2, 0.25) is 0 Å². The molecule has 2 nitrogen and oxygen atoms in total. The van der Waals surface area contributed by atoms with Crippen molar-refractivity contribution >= 4 is 12.6 Å². The molecule has 2 rings (SSSR count). The highest BCUT2D eigenvalue weighted by Crippen LogP contribution is 2.22. The van der Waals surface area contributed by atoms with Crippen molar-refractivity contribution in [1.29, 1.82) is 0 Å². The number of hydrogen-bond donors (Lipinski definition) is 0. The summed E-state index contributed by atoms with van der Waals surface area (Å²) >= 11 is 0. The second-order valence-electron chi connectivity index (χ2n) is 3.93. The molecule has 2 heteroatoms. The van der Waals surface area contributed by atoms with Crippen LogP contribution in [0, 0.1) is 6.92 Å². The van der Waals surface area contributed by atoms with Crippen molar-refractivity contribution in [1.82, 2.24) is 0 Å². The topological polar surface area (TPSA) is 34.1 Å². The molecule has 0 N–H and O–H groups in total. The Morgan fingerprint density at radius 1 is 0.824 bits per heavy atom. The van der Waals surface area contributed by atoms with Gasteiger partial charge in [-0.3, -0.25) is 9.59 Å². The number of aldehydes is 2. The number of carbonyl (C=O) groups excluding carboxylic acids is 2. The van der Waals surface area contributed by atoms with Gasteiger partial charge >= 0.3 is 0 Å². The van der Waals surface area contributed by atoms with E-state index in [1.165, 1.54) is 0 Å². The molecular weight excluding hydrogens is 212 g/mol. The second-order valence-corrected chi connectivity index (χ2v) is 3.93. The maximum absolute atomic E-state index is 10.7. The Kier molecular flexibility index (Phi) is 3.15. The predicted octanol–water partition coefficient (Wildman–Crippen LogP) is 3.29. The van der Waals surface area contributed by atoms with E-state index in [1.54, 1.807) is 12.1 Å². The largest absolute Gasteiger partial charge is 0.298 e. The van der Waals surface area contributed by atoms with Gasteiger partial charge in [-0.2, -0.15) is 0 Å². The van der Waals surface area contributed by atoms with Crippen LogP contribution < -0.4 is 0 Å². The van der Waals surface area contributed by atoms with Crippen LogP contribution in [0.25, 0.3) is 11.1 Å². The highest BCUT2D eigenvalue weighted by molar-refractivity contribution is 5.80. The molecule has 0 aliphatic heterocycles. The number of hydrogen-bond acceptors (Lipinski definition) is 2. The molecular formula is C15H12O2. The van der Waals surface area contributed by atoms with Crippen molar-refractivity contribution in [2.45, 2.75) is 6.92 Å². The Balaban J connectivity index is 2.42. The van der Waals surface area contributed by atoms with Gasteiger partial charge in [0, 0.05) is 11.1 Å². The third-order valence-corrected chi connectivity index (χ3v) is 2.78. The average molecular weight is 224 g/mol. The molecule has 0 atom stereocenters. The number of benzene rings is 2. The Labute approximate surface area is 99.9 Å². The average Bonchev–Trinajstić information content (AvgIpc) is 2.39. The van der Waals surface area contributed by atoms with Crippen LogP contribution in [0.1, 0.15) is 26.3 Å². The van der Waals surface area contributed by atoms with Gasteiger partial charge in [0.1, 0.15) is 12.6 Å². The summed E-state index contributed by atoms with van der Waals surface area (Å²) in [5, 5.41) is 0. The van der Waals surface area contributed by atoms with Gasteiger partial charge < -0.3 is 0 Å². The zero-order valence-electron chi connectivity index (χ0n) is 9.51. The molecule has 0 amide bonds. The fraction of sp³-hybridized carbons (Fsp3) is 0.0667. The van der Waals surface area contributed by atoms with Crippen molar-refractivity contribution in [2.24, 2.45) is 0 Å². The second kappa shape index (κ2) is 4.74. The van der Waals surface area contributed by atoms with Crippen molar-refractivity contribution in [3.05, 3.63) is 59.2 Å². The third-order valence-electron chi connectivity index (χ3n) is 2.78. The van der Waals surface area contributed by atoms with Gasteiger partial charge in [-0.05, 0) is 23.6 Å². The molecule has 0 saturated carbocycles. The van der Waals surface area contributed by atoms with E-state index < -0.39 is 0 Å². The number of rotatable bonds is 3. The van der Waals surface area contributed by atoms with E-state index in [1.807, 2.05) is 37.3 Å². The SMILES string of the molecule is Cc1cc(-c2ccc(C=O)cc2)ccc1C=O. The van der Waals surface area contributed by atoms with E-state index in [2.05, 4.69) is 0 Å². The summed E-state index contributed by atoms with van der Waals surface area (Å²) in [6.07, 6.45) is 1.68. The summed E-state index contributed by atoms with van der Waals surface area (Å²) in [5.74, 6) is 0.